The molecule has 1 aliphatic heterocycles. The lowest BCUT2D eigenvalue weighted by atomic mass is 9.94. The molecule has 2 atom stereocenters. The van der Waals surface area contributed by atoms with Gasteiger partial charge < -0.3 is 10.6 Å². The normalized spacial score (nSPS) is 22.2. The second-order valence-electron chi connectivity index (χ2n) is 5.28. The van der Waals surface area contributed by atoms with Gasteiger partial charge in [0.1, 0.15) is 0 Å². The largest absolute Gasteiger partial charge is 0.323 e. The summed E-state index contributed by atoms with van der Waals surface area (Å²) in [6.07, 6.45) is 4.34. The zero-order chi connectivity index (χ0) is 14.8. The highest BCUT2D eigenvalue weighted by molar-refractivity contribution is 7.90. The smallest absolute Gasteiger partial charge is 0.241 e. The first kappa shape index (κ1) is 17.9. The first-order valence-corrected chi connectivity index (χ1v) is 8.46. The number of anilines is 1. The summed E-state index contributed by atoms with van der Waals surface area (Å²) in [7, 11) is -3.31. The van der Waals surface area contributed by atoms with Gasteiger partial charge in [-0.25, -0.2) is 13.4 Å². The summed E-state index contributed by atoms with van der Waals surface area (Å²) in [6, 6.07) is 2.74. The van der Waals surface area contributed by atoms with E-state index < -0.39 is 9.84 Å². The van der Waals surface area contributed by atoms with Gasteiger partial charge in [-0.1, -0.05) is 6.92 Å². The van der Waals surface area contributed by atoms with Crippen LogP contribution >= 0.6 is 12.4 Å². The Hall–Kier alpha value is -1.18. The molecule has 1 aliphatic rings. The number of halogens is 1. The van der Waals surface area contributed by atoms with Crippen LogP contribution in [0.2, 0.25) is 0 Å². The van der Waals surface area contributed by atoms with E-state index in [1.807, 2.05) is 0 Å². The lowest BCUT2D eigenvalue weighted by Gasteiger charge is -2.27. The SMILES string of the molecule is CC1CCNC(C(=O)Nc2ccc(S(C)(=O)=O)nc2)C1.Cl. The minimum absolute atomic E-state index is 0. The van der Waals surface area contributed by atoms with Crippen molar-refractivity contribution in [3.8, 4) is 0 Å². The van der Waals surface area contributed by atoms with Crippen LogP contribution in [-0.2, 0) is 14.6 Å². The summed E-state index contributed by atoms with van der Waals surface area (Å²) >= 11 is 0. The number of pyridine rings is 1. The van der Waals surface area contributed by atoms with Crippen molar-refractivity contribution in [1.82, 2.24) is 10.3 Å². The van der Waals surface area contributed by atoms with Crippen LogP contribution in [0.5, 0.6) is 0 Å². The van der Waals surface area contributed by atoms with Crippen molar-refractivity contribution in [3.63, 3.8) is 0 Å². The van der Waals surface area contributed by atoms with E-state index in [9.17, 15) is 13.2 Å². The fraction of sp³-hybridized carbons (Fsp3) is 0.538. The van der Waals surface area contributed by atoms with Gasteiger partial charge in [-0.05, 0) is 37.4 Å². The highest BCUT2D eigenvalue weighted by Crippen LogP contribution is 2.17. The molecule has 0 radical (unpaired) electrons. The Bertz CT molecular complexity index is 589. The standard InChI is InChI=1S/C13H19N3O3S.ClH/c1-9-5-6-14-11(7-9)13(17)16-10-3-4-12(15-8-10)20(2,18)19;/h3-4,8-9,11,14H,5-7H2,1-2H3,(H,16,17);1H. The quantitative estimate of drug-likeness (QED) is 0.868. The predicted octanol–water partition coefficient (Wildman–Crippen LogP) is 1.23. The Labute approximate surface area is 131 Å². The van der Waals surface area contributed by atoms with Gasteiger partial charge in [0.25, 0.3) is 0 Å². The van der Waals surface area contributed by atoms with Crippen molar-refractivity contribution >= 4 is 33.8 Å². The monoisotopic (exact) mass is 333 g/mol. The topological polar surface area (TPSA) is 88.2 Å². The third kappa shape index (κ3) is 4.94. The van der Waals surface area contributed by atoms with Gasteiger partial charge in [0.15, 0.2) is 14.9 Å². The van der Waals surface area contributed by atoms with Gasteiger partial charge in [-0.3, -0.25) is 4.79 Å². The van der Waals surface area contributed by atoms with Crippen LogP contribution in [0.1, 0.15) is 19.8 Å². The fourth-order valence-corrected chi connectivity index (χ4v) is 2.77. The zero-order valence-corrected chi connectivity index (χ0v) is 13.6. The van der Waals surface area contributed by atoms with Crippen LogP contribution < -0.4 is 10.6 Å². The van der Waals surface area contributed by atoms with Crippen LogP contribution in [0.3, 0.4) is 0 Å². The number of carbonyl (C=O) groups excluding carboxylic acids is 1. The number of hydrogen-bond acceptors (Lipinski definition) is 5. The molecule has 6 nitrogen and oxygen atoms in total. The van der Waals surface area contributed by atoms with Crippen LogP contribution in [0.15, 0.2) is 23.4 Å². The van der Waals surface area contributed by atoms with Gasteiger partial charge in [-0.2, -0.15) is 0 Å². The molecule has 8 heteroatoms. The third-order valence-corrected chi connectivity index (χ3v) is 4.37. The summed E-state index contributed by atoms with van der Waals surface area (Å²) in [5.74, 6) is 0.420. The van der Waals surface area contributed by atoms with Crippen molar-refractivity contribution in [2.75, 3.05) is 18.1 Å². The lowest BCUT2D eigenvalue weighted by Crippen LogP contribution is -2.45. The summed E-state index contributed by atoms with van der Waals surface area (Å²) in [4.78, 5) is 15.9. The van der Waals surface area contributed by atoms with E-state index in [2.05, 4.69) is 22.5 Å². The molecule has 1 fully saturated rings. The minimum Gasteiger partial charge on any atom is -0.323 e. The van der Waals surface area contributed by atoms with Crippen molar-refractivity contribution in [3.05, 3.63) is 18.3 Å². The van der Waals surface area contributed by atoms with Gasteiger partial charge in [0.05, 0.1) is 17.9 Å². The van der Waals surface area contributed by atoms with E-state index >= 15 is 0 Å². The molecule has 2 N–H and O–H groups in total. The van der Waals surface area contributed by atoms with E-state index in [-0.39, 0.29) is 29.4 Å². The zero-order valence-electron chi connectivity index (χ0n) is 12.0. The van der Waals surface area contributed by atoms with Crippen LogP contribution in [0.4, 0.5) is 5.69 Å². The first-order chi connectivity index (χ1) is 9.36. The maximum atomic E-state index is 12.1. The second kappa shape index (κ2) is 7.20. The lowest BCUT2D eigenvalue weighted by molar-refractivity contribution is -0.119. The van der Waals surface area contributed by atoms with E-state index in [1.54, 1.807) is 6.07 Å². The van der Waals surface area contributed by atoms with Gasteiger partial charge >= 0.3 is 0 Å². The molecule has 1 aromatic heterocycles. The van der Waals surface area contributed by atoms with Crippen LogP contribution in [0, 0.1) is 5.92 Å². The Balaban J connectivity index is 0.00000220. The number of amides is 1. The second-order valence-corrected chi connectivity index (χ2v) is 7.25. The number of hydrogen-bond donors (Lipinski definition) is 2. The van der Waals surface area contributed by atoms with E-state index in [0.29, 0.717) is 11.6 Å². The maximum Gasteiger partial charge on any atom is 0.241 e. The summed E-state index contributed by atoms with van der Waals surface area (Å²) in [5.41, 5.74) is 0.502. The summed E-state index contributed by atoms with van der Waals surface area (Å²) in [5, 5.41) is 5.93. The molecule has 2 heterocycles. The third-order valence-electron chi connectivity index (χ3n) is 3.37. The molecule has 0 spiro atoms. The van der Waals surface area contributed by atoms with Crippen molar-refractivity contribution in [2.45, 2.75) is 30.8 Å². The summed E-state index contributed by atoms with van der Waals surface area (Å²) < 4.78 is 22.6. The van der Waals surface area contributed by atoms with Crippen molar-refractivity contribution < 1.29 is 13.2 Å². The highest BCUT2D eigenvalue weighted by Gasteiger charge is 2.24. The molecule has 0 aliphatic carbocycles. The predicted molar refractivity (Wildman–Crippen MR) is 83.4 cm³/mol. The Morgan fingerprint density at radius 2 is 2.14 bits per heavy atom. The number of piperidine rings is 1. The average Bonchev–Trinajstić information content (AvgIpc) is 2.38. The van der Waals surface area contributed by atoms with Gasteiger partial charge in [0, 0.05) is 6.26 Å². The number of nitrogens with one attached hydrogen (secondary N) is 2. The van der Waals surface area contributed by atoms with Crippen LogP contribution in [-0.4, -0.2) is 38.2 Å². The van der Waals surface area contributed by atoms with E-state index in [4.69, 9.17) is 0 Å². The summed E-state index contributed by atoms with van der Waals surface area (Å²) in [6.45, 7) is 2.97. The van der Waals surface area contributed by atoms with Crippen molar-refractivity contribution in [1.29, 1.82) is 0 Å². The van der Waals surface area contributed by atoms with Crippen LogP contribution in [0.25, 0.3) is 0 Å². The first-order valence-electron chi connectivity index (χ1n) is 6.56. The number of sulfone groups is 1. The average molecular weight is 334 g/mol. The number of rotatable bonds is 3. The molecular weight excluding hydrogens is 314 g/mol. The maximum absolute atomic E-state index is 12.1. The minimum atomic E-state index is -3.31. The van der Waals surface area contributed by atoms with Crippen molar-refractivity contribution in [2.24, 2.45) is 5.92 Å². The number of carbonyl (C=O) groups is 1. The van der Waals surface area contributed by atoms with Gasteiger partial charge in [-0.15, -0.1) is 12.4 Å². The molecule has 0 aromatic carbocycles. The highest BCUT2D eigenvalue weighted by atomic mass is 35.5. The number of nitrogens with zero attached hydrogens (tertiary/aromatic N) is 1. The Morgan fingerprint density at radius 3 is 2.67 bits per heavy atom. The molecule has 1 aromatic rings. The molecule has 1 amide bonds. The molecule has 1 saturated heterocycles. The van der Waals surface area contributed by atoms with Gasteiger partial charge in [0.2, 0.25) is 5.91 Å². The van der Waals surface area contributed by atoms with E-state index in [0.717, 1.165) is 25.6 Å². The molecular formula is C13H20ClN3O3S. The number of aromatic nitrogens is 1. The Morgan fingerprint density at radius 1 is 1.43 bits per heavy atom. The molecule has 118 valence electrons. The molecule has 0 bridgehead atoms. The van der Waals surface area contributed by atoms with E-state index in [1.165, 1.54) is 12.3 Å². The molecule has 2 unspecified atom stereocenters. The molecule has 0 saturated carbocycles. The molecule has 21 heavy (non-hydrogen) atoms. The molecule has 2 rings (SSSR count). The fourth-order valence-electron chi connectivity index (χ4n) is 2.21. The Kier molecular flexibility index (Phi) is 6.12.